The predicted octanol–water partition coefficient (Wildman–Crippen LogP) is 1.53. The molecule has 7 nitrogen and oxygen atoms in total. The minimum atomic E-state index is -0.737. The number of nitrogens with one attached hydrogen (secondary N) is 2. The number of methoxy groups -OCH3 is 1. The maximum Gasteiger partial charge on any atom is 0.313 e. The van der Waals surface area contributed by atoms with Crippen LogP contribution in [0.1, 0.15) is 26.7 Å². The Morgan fingerprint density at radius 2 is 2.04 bits per heavy atom. The van der Waals surface area contributed by atoms with Gasteiger partial charge in [-0.1, -0.05) is 13.8 Å². The van der Waals surface area contributed by atoms with E-state index in [4.69, 9.17) is 4.74 Å². The Kier molecular flexibility index (Phi) is 5.78. The lowest BCUT2D eigenvalue weighted by Gasteiger charge is -2.20. The highest BCUT2D eigenvalue weighted by atomic mass is 16.5. The fraction of sp³-hybridized carbons (Fsp3) is 0.471. The van der Waals surface area contributed by atoms with Gasteiger partial charge in [0.1, 0.15) is 5.75 Å². The monoisotopic (exact) mass is 333 g/mol. The molecule has 1 heterocycles. The van der Waals surface area contributed by atoms with Crippen molar-refractivity contribution in [3.8, 4) is 5.75 Å². The fourth-order valence-corrected chi connectivity index (χ4v) is 2.45. The normalized spacial score (nSPS) is 14.0. The average molecular weight is 333 g/mol. The topological polar surface area (TPSA) is 87.7 Å². The summed E-state index contributed by atoms with van der Waals surface area (Å²) in [4.78, 5) is 37.3. The van der Waals surface area contributed by atoms with E-state index < -0.39 is 11.8 Å². The van der Waals surface area contributed by atoms with Gasteiger partial charge in [-0.05, 0) is 30.5 Å². The Morgan fingerprint density at radius 1 is 1.29 bits per heavy atom. The van der Waals surface area contributed by atoms with E-state index in [0.717, 1.165) is 6.42 Å². The summed E-state index contributed by atoms with van der Waals surface area (Å²) < 4.78 is 5.29. The maximum absolute atomic E-state index is 12.0. The molecule has 0 aliphatic carbocycles. The quantitative estimate of drug-likeness (QED) is 0.800. The van der Waals surface area contributed by atoms with Crippen LogP contribution in [0.5, 0.6) is 5.75 Å². The van der Waals surface area contributed by atoms with Crippen molar-refractivity contribution < 1.29 is 19.1 Å². The number of rotatable bonds is 5. The van der Waals surface area contributed by atoms with Crippen molar-refractivity contribution >= 4 is 29.1 Å². The molecule has 2 rings (SSSR count). The molecule has 0 bridgehead atoms. The smallest absolute Gasteiger partial charge is 0.313 e. The Hall–Kier alpha value is -2.57. The zero-order valence-electron chi connectivity index (χ0n) is 14.2. The van der Waals surface area contributed by atoms with E-state index in [-0.39, 0.29) is 11.8 Å². The van der Waals surface area contributed by atoms with Crippen LogP contribution in [0.3, 0.4) is 0 Å². The molecule has 0 atom stereocenters. The van der Waals surface area contributed by atoms with E-state index >= 15 is 0 Å². The first kappa shape index (κ1) is 17.8. The van der Waals surface area contributed by atoms with Crippen molar-refractivity contribution in [3.63, 3.8) is 0 Å². The second-order valence-electron chi connectivity index (χ2n) is 6.09. The highest BCUT2D eigenvalue weighted by Crippen LogP contribution is 2.33. The molecule has 0 radical (unpaired) electrons. The third-order valence-corrected chi connectivity index (χ3v) is 3.68. The molecule has 130 valence electrons. The van der Waals surface area contributed by atoms with Crippen LogP contribution < -0.4 is 20.3 Å². The lowest BCUT2D eigenvalue weighted by molar-refractivity contribution is -0.136. The molecule has 1 aromatic carbocycles. The summed E-state index contributed by atoms with van der Waals surface area (Å²) in [5, 5.41) is 5.11. The fourth-order valence-electron chi connectivity index (χ4n) is 2.45. The van der Waals surface area contributed by atoms with Crippen LogP contribution in [-0.2, 0) is 14.4 Å². The van der Waals surface area contributed by atoms with Gasteiger partial charge < -0.3 is 20.3 Å². The van der Waals surface area contributed by atoms with Gasteiger partial charge in [0.05, 0.1) is 12.8 Å². The second kappa shape index (κ2) is 7.81. The number of ether oxygens (including phenoxy) is 1. The number of hydrogen-bond donors (Lipinski definition) is 2. The number of nitrogens with zero attached hydrogens (tertiary/aromatic N) is 1. The van der Waals surface area contributed by atoms with Crippen LogP contribution in [0, 0.1) is 5.92 Å². The molecule has 1 saturated heterocycles. The molecule has 0 spiro atoms. The molecule has 2 N–H and O–H groups in total. The Morgan fingerprint density at radius 3 is 2.62 bits per heavy atom. The number of amides is 3. The van der Waals surface area contributed by atoms with Gasteiger partial charge in [-0.3, -0.25) is 14.4 Å². The van der Waals surface area contributed by atoms with Crippen molar-refractivity contribution in [1.29, 1.82) is 0 Å². The number of carbonyl (C=O) groups is 3. The summed E-state index contributed by atoms with van der Waals surface area (Å²) in [6.07, 6.45) is 1.29. The largest absolute Gasteiger partial charge is 0.495 e. The Balaban J connectivity index is 2.12. The average Bonchev–Trinajstić information content (AvgIpc) is 2.98. The summed E-state index contributed by atoms with van der Waals surface area (Å²) in [7, 11) is 1.52. The van der Waals surface area contributed by atoms with Gasteiger partial charge in [0, 0.05) is 25.2 Å². The maximum atomic E-state index is 12.0. The molecule has 1 fully saturated rings. The minimum absolute atomic E-state index is 0.0199. The van der Waals surface area contributed by atoms with Crippen molar-refractivity contribution in [1.82, 2.24) is 5.32 Å². The molecule has 0 unspecified atom stereocenters. The number of hydrogen-bond acceptors (Lipinski definition) is 4. The first-order valence-electron chi connectivity index (χ1n) is 8.00. The standard InChI is InChI=1S/C17H23N3O4/c1-11(2)10-18-16(22)17(23)19-12-6-7-14(24-3)13(9-12)20-8-4-5-15(20)21/h6-7,9,11H,4-5,8,10H2,1-3H3,(H,18,22)(H,19,23). The van der Waals surface area contributed by atoms with Gasteiger partial charge in [-0.2, -0.15) is 0 Å². The van der Waals surface area contributed by atoms with Crippen molar-refractivity contribution in [2.45, 2.75) is 26.7 Å². The number of anilines is 2. The van der Waals surface area contributed by atoms with Gasteiger partial charge in [-0.25, -0.2) is 0 Å². The van der Waals surface area contributed by atoms with Crippen molar-refractivity contribution in [2.75, 3.05) is 30.4 Å². The van der Waals surface area contributed by atoms with Crippen LogP contribution in [-0.4, -0.2) is 37.9 Å². The third kappa shape index (κ3) is 4.24. The molecule has 7 heteroatoms. The SMILES string of the molecule is COc1ccc(NC(=O)C(=O)NCC(C)C)cc1N1CCCC1=O. The Bertz CT molecular complexity index is 643. The van der Waals surface area contributed by atoms with Crippen LogP contribution >= 0.6 is 0 Å². The summed E-state index contributed by atoms with van der Waals surface area (Å²) in [6.45, 7) is 4.94. The van der Waals surface area contributed by atoms with Gasteiger partial charge in [0.2, 0.25) is 5.91 Å². The molecular formula is C17H23N3O4. The van der Waals surface area contributed by atoms with Crippen molar-refractivity contribution in [3.05, 3.63) is 18.2 Å². The molecule has 3 amide bonds. The van der Waals surface area contributed by atoms with E-state index in [1.54, 1.807) is 23.1 Å². The van der Waals surface area contributed by atoms with E-state index in [1.165, 1.54) is 7.11 Å². The predicted molar refractivity (Wildman–Crippen MR) is 91.1 cm³/mol. The first-order chi connectivity index (χ1) is 11.4. The van der Waals surface area contributed by atoms with Gasteiger partial charge >= 0.3 is 11.8 Å². The molecule has 1 aliphatic rings. The van der Waals surface area contributed by atoms with Crippen LogP contribution in [0.25, 0.3) is 0 Å². The van der Waals surface area contributed by atoms with Gasteiger partial charge in [0.15, 0.2) is 0 Å². The summed E-state index contributed by atoms with van der Waals surface area (Å²) in [5.41, 5.74) is 1.04. The first-order valence-corrected chi connectivity index (χ1v) is 8.00. The van der Waals surface area contributed by atoms with E-state index in [9.17, 15) is 14.4 Å². The summed E-state index contributed by atoms with van der Waals surface area (Å²) in [6, 6.07) is 4.95. The Labute approximate surface area is 141 Å². The highest BCUT2D eigenvalue weighted by molar-refractivity contribution is 6.39. The second-order valence-corrected chi connectivity index (χ2v) is 6.09. The van der Waals surface area contributed by atoms with Crippen LogP contribution in [0.4, 0.5) is 11.4 Å². The van der Waals surface area contributed by atoms with E-state index in [0.29, 0.717) is 36.6 Å². The van der Waals surface area contributed by atoms with Gasteiger partial charge in [-0.15, -0.1) is 0 Å². The number of carbonyl (C=O) groups excluding carboxylic acids is 3. The minimum Gasteiger partial charge on any atom is -0.495 e. The molecule has 1 aliphatic heterocycles. The zero-order valence-corrected chi connectivity index (χ0v) is 14.2. The molecule has 24 heavy (non-hydrogen) atoms. The van der Waals surface area contributed by atoms with Crippen molar-refractivity contribution in [2.24, 2.45) is 5.92 Å². The highest BCUT2D eigenvalue weighted by Gasteiger charge is 2.25. The van der Waals surface area contributed by atoms with E-state index in [1.807, 2.05) is 13.8 Å². The van der Waals surface area contributed by atoms with Crippen LogP contribution in [0.2, 0.25) is 0 Å². The molecule has 1 aromatic rings. The number of benzene rings is 1. The molecular weight excluding hydrogens is 310 g/mol. The summed E-state index contributed by atoms with van der Waals surface area (Å²) in [5.74, 6) is -0.590. The zero-order chi connectivity index (χ0) is 17.7. The molecule has 0 saturated carbocycles. The lowest BCUT2D eigenvalue weighted by atomic mass is 10.2. The van der Waals surface area contributed by atoms with Gasteiger partial charge in [0.25, 0.3) is 0 Å². The lowest BCUT2D eigenvalue weighted by Crippen LogP contribution is -2.37. The molecule has 0 aromatic heterocycles. The van der Waals surface area contributed by atoms with E-state index in [2.05, 4.69) is 10.6 Å². The summed E-state index contributed by atoms with van der Waals surface area (Å²) >= 11 is 0. The third-order valence-electron chi connectivity index (χ3n) is 3.68. The van der Waals surface area contributed by atoms with Crippen LogP contribution in [0.15, 0.2) is 18.2 Å².